The first-order chi connectivity index (χ1) is 14.3. The Morgan fingerprint density at radius 3 is 2.40 bits per heavy atom. The van der Waals surface area contributed by atoms with Crippen LogP contribution >= 0.6 is 0 Å². The number of nitrogens with two attached hydrogens (primary N) is 1. The summed E-state index contributed by atoms with van der Waals surface area (Å²) in [5.41, 5.74) is 5.38. The van der Waals surface area contributed by atoms with Gasteiger partial charge in [0.1, 0.15) is 17.2 Å². The van der Waals surface area contributed by atoms with Crippen molar-refractivity contribution in [3.8, 4) is 11.5 Å². The smallest absolute Gasteiger partial charge is 0.267 e. The number of hydrogen-bond acceptors (Lipinski definition) is 6. The molecular formula is C19H22N4O6S. The number of aromatic nitrogens is 1. The monoisotopic (exact) mass is 434 g/mol. The zero-order valence-electron chi connectivity index (χ0n) is 16.4. The third kappa shape index (κ3) is 3.61. The van der Waals surface area contributed by atoms with Crippen molar-refractivity contribution in [1.29, 1.82) is 0 Å². The average molecular weight is 434 g/mol. The molecule has 1 saturated heterocycles. The molecule has 2 N–H and O–H groups in total. The number of amides is 2. The normalized spacial score (nSPS) is 19.5. The van der Waals surface area contributed by atoms with Crippen molar-refractivity contribution in [3.63, 3.8) is 0 Å². The summed E-state index contributed by atoms with van der Waals surface area (Å²) in [4.78, 5) is 25.8. The number of ether oxygens (including phenoxy) is 2. The molecule has 160 valence electrons. The van der Waals surface area contributed by atoms with E-state index in [0.29, 0.717) is 11.5 Å². The van der Waals surface area contributed by atoms with Gasteiger partial charge in [-0.25, -0.2) is 8.42 Å². The Morgan fingerprint density at radius 1 is 1.10 bits per heavy atom. The van der Waals surface area contributed by atoms with E-state index >= 15 is 0 Å². The molecule has 0 aliphatic carbocycles. The highest BCUT2D eigenvalue weighted by Crippen LogP contribution is 2.31. The summed E-state index contributed by atoms with van der Waals surface area (Å²) in [6.07, 6.45) is 0.590. The van der Waals surface area contributed by atoms with Crippen molar-refractivity contribution in [1.82, 2.24) is 13.8 Å². The van der Waals surface area contributed by atoms with Crippen LogP contribution in [0, 0.1) is 0 Å². The molecule has 0 unspecified atom stereocenters. The fourth-order valence-corrected chi connectivity index (χ4v) is 5.06. The number of aryl methyl sites for hydroxylation is 1. The molecule has 2 amide bonds. The lowest BCUT2D eigenvalue weighted by Crippen LogP contribution is -2.55. The van der Waals surface area contributed by atoms with Gasteiger partial charge in [-0.05, 0) is 18.2 Å². The van der Waals surface area contributed by atoms with E-state index in [1.54, 1.807) is 30.1 Å². The SMILES string of the molecule is Cn1cc(S(=O)(=O)N2CCN(C(=O)[C@@H]3COc4ccccc4O3)CC2)cc1C(N)=O. The van der Waals surface area contributed by atoms with Crippen LogP contribution < -0.4 is 15.2 Å². The van der Waals surface area contributed by atoms with Gasteiger partial charge in [0, 0.05) is 39.4 Å². The molecule has 1 aromatic heterocycles. The summed E-state index contributed by atoms with van der Waals surface area (Å²) in [6.45, 7) is 0.844. The fraction of sp³-hybridized carbons (Fsp3) is 0.368. The van der Waals surface area contributed by atoms with Gasteiger partial charge in [-0.2, -0.15) is 4.31 Å². The van der Waals surface area contributed by atoms with Crippen molar-refractivity contribution in [3.05, 3.63) is 42.2 Å². The molecule has 0 spiro atoms. The zero-order valence-corrected chi connectivity index (χ0v) is 17.2. The second-order valence-electron chi connectivity index (χ2n) is 7.13. The van der Waals surface area contributed by atoms with Gasteiger partial charge >= 0.3 is 0 Å². The van der Waals surface area contributed by atoms with E-state index in [1.165, 1.54) is 21.1 Å². The molecule has 1 aromatic carbocycles. The number of fused-ring (bicyclic) bond motifs is 1. The van der Waals surface area contributed by atoms with Crippen LogP contribution in [0.15, 0.2) is 41.4 Å². The number of carbonyl (C=O) groups is 2. The van der Waals surface area contributed by atoms with Gasteiger partial charge in [0.15, 0.2) is 11.5 Å². The summed E-state index contributed by atoms with van der Waals surface area (Å²) >= 11 is 0. The van der Waals surface area contributed by atoms with Gasteiger partial charge in [-0.1, -0.05) is 12.1 Å². The Kier molecular flexibility index (Phi) is 5.16. The maximum absolute atomic E-state index is 12.9. The van der Waals surface area contributed by atoms with Gasteiger partial charge in [-0.15, -0.1) is 0 Å². The van der Waals surface area contributed by atoms with Gasteiger partial charge in [0.25, 0.3) is 11.8 Å². The Hall–Kier alpha value is -3.05. The van der Waals surface area contributed by atoms with E-state index < -0.39 is 22.0 Å². The van der Waals surface area contributed by atoms with Crippen molar-refractivity contribution >= 4 is 21.8 Å². The van der Waals surface area contributed by atoms with E-state index in [-0.39, 0.29) is 49.3 Å². The minimum atomic E-state index is -3.80. The molecule has 11 heteroatoms. The average Bonchev–Trinajstić information content (AvgIpc) is 3.16. The lowest BCUT2D eigenvalue weighted by atomic mass is 10.2. The Morgan fingerprint density at radius 2 is 1.77 bits per heavy atom. The largest absolute Gasteiger partial charge is 0.485 e. The summed E-state index contributed by atoms with van der Waals surface area (Å²) < 4.78 is 39.8. The highest BCUT2D eigenvalue weighted by molar-refractivity contribution is 7.89. The second kappa shape index (κ2) is 7.65. The molecule has 2 aromatic rings. The summed E-state index contributed by atoms with van der Waals surface area (Å²) in [7, 11) is -2.24. The Labute approximate surface area is 173 Å². The van der Waals surface area contributed by atoms with Crippen LogP contribution in [-0.2, 0) is 21.9 Å². The molecule has 1 fully saturated rings. The molecule has 1 atom stereocenters. The van der Waals surface area contributed by atoms with Crippen LogP contribution in [-0.4, -0.2) is 72.9 Å². The molecular weight excluding hydrogens is 412 g/mol. The number of piperazine rings is 1. The highest BCUT2D eigenvalue weighted by Gasteiger charge is 2.36. The maximum Gasteiger partial charge on any atom is 0.267 e. The highest BCUT2D eigenvalue weighted by atomic mass is 32.2. The summed E-state index contributed by atoms with van der Waals surface area (Å²) in [5.74, 6) is 0.163. The number of carbonyl (C=O) groups excluding carboxylic acids is 2. The topological polar surface area (TPSA) is 124 Å². The molecule has 0 bridgehead atoms. The third-order valence-electron chi connectivity index (χ3n) is 5.20. The number of primary amides is 1. The molecule has 2 aliphatic rings. The van der Waals surface area contributed by atoms with Crippen LogP contribution in [0.2, 0.25) is 0 Å². The molecule has 0 saturated carbocycles. The first kappa shape index (κ1) is 20.2. The Bertz CT molecular complexity index is 1090. The first-order valence-electron chi connectivity index (χ1n) is 9.41. The third-order valence-corrected chi connectivity index (χ3v) is 7.07. The molecule has 4 rings (SSSR count). The molecule has 0 radical (unpaired) electrons. The predicted molar refractivity (Wildman–Crippen MR) is 106 cm³/mol. The van der Waals surface area contributed by atoms with Crippen LogP contribution in [0.3, 0.4) is 0 Å². The standard InChI is InChI=1S/C19H22N4O6S/c1-21-11-13(10-14(21)18(20)24)30(26,27)23-8-6-22(7-9-23)19(25)17-12-28-15-4-2-3-5-16(15)29-17/h2-5,10-11,17H,6-9,12H2,1H3,(H2,20,24)/t17-/m0/s1. The van der Waals surface area contributed by atoms with Crippen LogP contribution in [0.1, 0.15) is 10.5 Å². The van der Waals surface area contributed by atoms with E-state index in [9.17, 15) is 18.0 Å². The number of nitrogens with zero attached hydrogens (tertiary/aromatic N) is 3. The van der Waals surface area contributed by atoms with Crippen molar-refractivity contribution in [2.45, 2.75) is 11.0 Å². The minimum absolute atomic E-state index is 0.000743. The number of hydrogen-bond donors (Lipinski definition) is 1. The van der Waals surface area contributed by atoms with Crippen LogP contribution in [0.25, 0.3) is 0 Å². The number of para-hydroxylation sites is 2. The van der Waals surface area contributed by atoms with Crippen molar-refractivity contribution in [2.24, 2.45) is 12.8 Å². The lowest BCUT2D eigenvalue weighted by Gasteiger charge is -2.36. The van der Waals surface area contributed by atoms with Crippen LogP contribution in [0.5, 0.6) is 11.5 Å². The van der Waals surface area contributed by atoms with Crippen molar-refractivity contribution in [2.75, 3.05) is 32.8 Å². The van der Waals surface area contributed by atoms with Gasteiger partial charge in [0.2, 0.25) is 16.1 Å². The van der Waals surface area contributed by atoms with E-state index in [0.717, 1.165) is 0 Å². The number of rotatable bonds is 4. The number of sulfonamides is 1. The van der Waals surface area contributed by atoms with Gasteiger partial charge in [-0.3, -0.25) is 9.59 Å². The van der Waals surface area contributed by atoms with E-state index in [1.807, 2.05) is 6.07 Å². The quantitative estimate of drug-likeness (QED) is 0.711. The van der Waals surface area contributed by atoms with Crippen molar-refractivity contribution < 1.29 is 27.5 Å². The number of benzene rings is 1. The fourth-order valence-electron chi connectivity index (χ4n) is 3.56. The van der Waals surface area contributed by atoms with E-state index in [2.05, 4.69) is 0 Å². The molecule has 3 heterocycles. The zero-order chi connectivity index (χ0) is 21.5. The first-order valence-corrected chi connectivity index (χ1v) is 10.8. The molecule has 10 nitrogen and oxygen atoms in total. The van der Waals surface area contributed by atoms with Crippen LogP contribution in [0.4, 0.5) is 0 Å². The summed E-state index contributed by atoms with van der Waals surface area (Å²) in [6, 6.07) is 8.39. The van der Waals surface area contributed by atoms with Gasteiger partial charge < -0.3 is 24.7 Å². The minimum Gasteiger partial charge on any atom is -0.485 e. The molecule has 2 aliphatic heterocycles. The second-order valence-corrected chi connectivity index (χ2v) is 9.07. The predicted octanol–water partition coefficient (Wildman–Crippen LogP) is -0.203. The summed E-state index contributed by atoms with van der Waals surface area (Å²) in [5, 5.41) is 0. The van der Waals surface area contributed by atoms with E-state index in [4.69, 9.17) is 15.2 Å². The van der Waals surface area contributed by atoms with Gasteiger partial charge in [0.05, 0.1) is 0 Å². The Balaban J connectivity index is 1.41. The lowest BCUT2D eigenvalue weighted by molar-refractivity contribution is -0.142. The molecule has 30 heavy (non-hydrogen) atoms. The maximum atomic E-state index is 12.9.